The Morgan fingerprint density at radius 1 is 1.77 bits per heavy atom. The number of nitrogens with one attached hydrogen (secondary N) is 1. The van der Waals surface area contributed by atoms with E-state index in [0.717, 1.165) is 0 Å². The fraction of sp³-hybridized carbons (Fsp3) is 0.571. The van der Waals surface area contributed by atoms with Gasteiger partial charge in [0.2, 0.25) is 5.85 Å². The van der Waals surface area contributed by atoms with Crippen LogP contribution >= 0.6 is 0 Å². The molecule has 1 aliphatic rings. The number of hydrogen-bond acceptors (Lipinski definition) is 5. The van der Waals surface area contributed by atoms with Crippen molar-refractivity contribution < 1.29 is 19.8 Å². The van der Waals surface area contributed by atoms with E-state index < -0.39 is 17.7 Å². The number of rotatable bonds is 2. The minimum absolute atomic E-state index is 0.139. The topological polar surface area (TPSA) is 105 Å². The lowest BCUT2D eigenvalue weighted by molar-refractivity contribution is -0.141. The van der Waals surface area contributed by atoms with Gasteiger partial charge in [-0.15, -0.1) is 5.48 Å². The Labute approximate surface area is 74.9 Å². The van der Waals surface area contributed by atoms with E-state index in [-0.39, 0.29) is 5.57 Å². The minimum Gasteiger partial charge on any atom is -0.481 e. The summed E-state index contributed by atoms with van der Waals surface area (Å²) in [5.74, 6) is -3.54. The van der Waals surface area contributed by atoms with E-state index >= 15 is 0 Å². The molecule has 6 heteroatoms. The largest absolute Gasteiger partial charge is 0.481 e. The number of hydrogen-bond donors (Lipinski definition) is 4. The summed E-state index contributed by atoms with van der Waals surface area (Å²) in [4.78, 5) is 15.4. The average Bonchev–Trinajstić information content (AvgIpc) is 2.25. The zero-order valence-electron chi connectivity index (χ0n) is 7.37. The summed E-state index contributed by atoms with van der Waals surface area (Å²) in [5, 5.41) is 18.2. The second kappa shape index (κ2) is 2.99. The van der Waals surface area contributed by atoms with Crippen LogP contribution < -0.4 is 11.2 Å². The smallest absolute Gasteiger partial charge is 0.310 e. The number of nitrogens with two attached hydrogens (primary N) is 1. The summed E-state index contributed by atoms with van der Waals surface area (Å²) in [5.41, 5.74) is 7.62. The molecule has 1 heterocycles. The summed E-state index contributed by atoms with van der Waals surface area (Å²) in [6, 6.07) is 0. The third-order valence-electron chi connectivity index (χ3n) is 1.95. The van der Waals surface area contributed by atoms with E-state index in [9.17, 15) is 9.90 Å². The number of carboxylic acid groups (broad SMARTS) is 1. The summed E-state index contributed by atoms with van der Waals surface area (Å²) >= 11 is 0. The molecule has 0 fully saturated rings. The van der Waals surface area contributed by atoms with Crippen LogP contribution in [-0.4, -0.2) is 22.0 Å². The highest BCUT2D eigenvalue weighted by atomic mass is 16.7. The third kappa shape index (κ3) is 1.64. The number of hydroxylamine groups is 1. The molecule has 74 valence electrons. The molecule has 6 nitrogen and oxygen atoms in total. The van der Waals surface area contributed by atoms with Crippen LogP contribution in [-0.2, 0) is 9.63 Å². The van der Waals surface area contributed by atoms with Gasteiger partial charge in [-0.1, -0.05) is 0 Å². The average molecular weight is 188 g/mol. The van der Waals surface area contributed by atoms with Crippen molar-refractivity contribution in [3.8, 4) is 0 Å². The summed E-state index contributed by atoms with van der Waals surface area (Å²) in [6.45, 7) is 2.96. The van der Waals surface area contributed by atoms with Gasteiger partial charge in [-0.25, -0.2) is 0 Å². The Morgan fingerprint density at radius 3 is 2.62 bits per heavy atom. The van der Waals surface area contributed by atoms with Crippen LogP contribution in [0.2, 0.25) is 0 Å². The van der Waals surface area contributed by atoms with Gasteiger partial charge < -0.3 is 15.1 Å². The van der Waals surface area contributed by atoms with E-state index in [1.54, 1.807) is 0 Å². The Morgan fingerprint density at radius 2 is 2.31 bits per heavy atom. The summed E-state index contributed by atoms with van der Waals surface area (Å²) in [7, 11) is 0. The minimum atomic E-state index is -1.89. The first-order chi connectivity index (χ1) is 5.86. The highest BCUT2D eigenvalue weighted by Gasteiger charge is 2.41. The van der Waals surface area contributed by atoms with E-state index in [4.69, 9.17) is 15.7 Å². The van der Waals surface area contributed by atoms with Crippen LogP contribution in [0.25, 0.3) is 0 Å². The SMILES string of the molecule is CC1=C(C(C)C(=O)O)C(N)(O)NO1. The number of carboxylic acids is 1. The lowest BCUT2D eigenvalue weighted by Gasteiger charge is -2.20. The highest BCUT2D eigenvalue weighted by Crippen LogP contribution is 2.27. The van der Waals surface area contributed by atoms with E-state index in [0.29, 0.717) is 5.76 Å². The zero-order valence-corrected chi connectivity index (χ0v) is 7.37. The lowest BCUT2D eigenvalue weighted by Crippen LogP contribution is -2.52. The fourth-order valence-corrected chi connectivity index (χ4v) is 1.29. The number of aliphatic hydroxyl groups is 1. The van der Waals surface area contributed by atoms with Gasteiger partial charge in [0, 0.05) is 5.57 Å². The number of aliphatic carboxylic acids is 1. The molecule has 0 spiro atoms. The first-order valence-corrected chi connectivity index (χ1v) is 3.75. The summed E-state index contributed by atoms with van der Waals surface area (Å²) < 4.78 is 0. The van der Waals surface area contributed by atoms with Crippen molar-refractivity contribution in [2.45, 2.75) is 19.7 Å². The number of allylic oxidation sites excluding steroid dienone is 1. The fourth-order valence-electron chi connectivity index (χ4n) is 1.29. The maximum atomic E-state index is 10.6. The van der Waals surface area contributed by atoms with Crippen molar-refractivity contribution in [1.29, 1.82) is 0 Å². The molecule has 1 rings (SSSR count). The third-order valence-corrected chi connectivity index (χ3v) is 1.95. The molecule has 0 aromatic rings. The zero-order chi connectivity index (χ0) is 10.2. The molecule has 2 unspecified atom stereocenters. The van der Waals surface area contributed by atoms with Gasteiger partial charge in [0.05, 0.1) is 5.92 Å². The summed E-state index contributed by atoms with van der Waals surface area (Å²) in [6.07, 6.45) is 0. The van der Waals surface area contributed by atoms with Crippen LogP contribution in [0.1, 0.15) is 13.8 Å². The molecule has 2 atom stereocenters. The van der Waals surface area contributed by atoms with Gasteiger partial charge in [-0.05, 0) is 13.8 Å². The van der Waals surface area contributed by atoms with Gasteiger partial charge in [0.25, 0.3) is 0 Å². The molecule has 0 aliphatic carbocycles. The second-order valence-electron chi connectivity index (χ2n) is 3.00. The molecule has 13 heavy (non-hydrogen) atoms. The Kier molecular flexibility index (Phi) is 2.29. The first-order valence-electron chi connectivity index (χ1n) is 3.75. The predicted molar refractivity (Wildman–Crippen MR) is 42.9 cm³/mol. The van der Waals surface area contributed by atoms with Crippen LogP contribution in [0.4, 0.5) is 0 Å². The second-order valence-corrected chi connectivity index (χ2v) is 3.00. The normalized spacial score (nSPS) is 30.2. The molecule has 0 amide bonds. The van der Waals surface area contributed by atoms with Gasteiger partial charge >= 0.3 is 5.97 Å². The molecule has 0 saturated carbocycles. The van der Waals surface area contributed by atoms with Crippen LogP contribution in [0, 0.1) is 5.92 Å². The maximum absolute atomic E-state index is 10.6. The van der Waals surface area contributed by atoms with E-state index in [1.807, 2.05) is 0 Å². The molecule has 5 N–H and O–H groups in total. The van der Waals surface area contributed by atoms with Crippen LogP contribution in [0.5, 0.6) is 0 Å². The van der Waals surface area contributed by atoms with Crippen molar-refractivity contribution in [2.75, 3.05) is 0 Å². The molecule has 0 saturated heterocycles. The van der Waals surface area contributed by atoms with E-state index in [1.165, 1.54) is 13.8 Å². The van der Waals surface area contributed by atoms with Crippen molar-refractivity contribution in [3.05, 3.63) is 11.3 Å². The molecular formula is C7H12N2O4. The molecule has 0 radical (unpaired) electrons. The Hall–Kier alpha value is -1.11. The van der Waals surface area contributed by atoms with Crippen molar-refractivity contribution in [2.24, 2.45) is 11.7 Å². The first kappa shape index (κ1) is 9.97. The molecule has 0 bridgehead atoms. The van der Waals surface area contributed by atoms with Gasteiger partial charge in [0.15, 0.2) is 0 Å². The predicted octanol–water partition coefficient (Wildman–Crippen LogP) is -0.879. The van der Waals surface area contributed by atoms with Crippen molar-refractivity contribution in [1.82, 2.24) is 5.48 Å². The Bertz CT molecular complexity index is 272. The molecule has 0 aromatic heterocycles. The highest BCUT2D eigenvalue weighted by molar-refractivity contribution is 5.74. The van der Waals surface area contributed by atoms with Crippen molar-refractivity contribution in [3.63, 3.8) is 0 Å². The lowest BCUT2D eigenvalue weighted by atomic mass is 9.96. The van der Waals surface area contributed by atoms with Crippen LogP contribution in [0.15, 0.2) is 11.3 Å². The van der Waals surface area contributed by atoms with Crippen molar-refractivity contribution >= 4 is 5.97 Å². The molecule has 1 aliphatic heterocycles. The monoisotopic (exact) mass is 188 g/mol. The standard InChI is InChI=1S/C7H12N2O4/c1-3(6(10)11)5-4(2)13-9-7(5,8)12/h3,9,12H,8H2,1-2H3,(H,10,11). The van der Waals surface area contributed by atoms with Gasteiger partial charge in [0.1, 0.15) is 5.76 Å². The maximum Gasteiger partial charge on any atom is 0.310 e. The van der Waals surface area contributed by atoms with Gasteiger partial charge in [-0.3, -0.25) is 10.5 Å². The molecular weight excluding hydrogens is 176 g/mol. The van der Waals surface area contributed by atoms with Gasteiger partial charge in [-0.2, -0.15) is 0 Å². The Balaban J connectivity index is 3.01. The number of carbonyl (C=O) groups is 1. The quantitative estimate of drug-likeness (QED) is 0.419. The van der Waals surface area contributed by atoms with E-state index in [2.05, 4.69) is 5.48 Å². The molecule has 0 aromatic carbocycles. The van der Waals surface area contributed by atoms with Crippen LogP contribution in [0.3, 0.4) is 0 Å².